The Labute approximate surface area is 136 Å². The van der Waals surface area contributed by atoms with Crippen molar-refractivity contribution in [2.24, 2.45) is 0 Å². The van der Waals surface area contributed by atoms with Crippen LogP contribution in [0.25, 0.3) is 0 Å². The highest BCUT2D eigenvalue weighted by Gasteiger charge is 2.35. The average molecular weight is 338 g/mol. The number of benzene rings is 1. The van der Waals surface area contributed by atoms with E-state index in [0.29, 0.717) is 13.1 Å². The lowest BCUT2D eigenvalue weighted by Crippen LogP contribution is -2.32. The summed E-state index contributed by atoms with van der Waals surface area (Å²) in [5.41, 5.74) is -0.574. The highest BCUT2D eigenvalue weighted by molar-refractivity contribution is 5.79. The number of carbonyl (C=O) groups excluding carboxylic acids is 1. The molecule has 2 N–H and O–H groups in total. The lowest BCUT2D eigenvalue weighted by Gasteiger charge is -2.20. The van der Waals surface area contributed by atoms with E-state index in [1.54, 1.807) is 18.5 Å². The fourth-order valence-electron chi connectivity index (χ4n) is 2.84. The predicted octanol–water partition coefficient (Wildman–Crippen LogP) is 2.32. The molecule has 0 bridgehead atoms. The maximum absolute atomic E-state index is 13.0. The number of rotatable bonds is 5. The van der Waals surface area contributed by atoms with Gasteiger partial charge in [-0.2, -0.15) is 13.2 Å². The zero-order valence-corrected chi connectivity index (χ0v) is 12.8. The van der Waals surface area contributed by atoms with E-state index in [1.807, 2.05) is 0 Å². The Kier molecular flexibility index (Phi) is 4.57. The maximum atomic E-state index is 13.0. The number of halogens is 3. The number of alkyl halides is 3. The first-order chi connectivity index (χ1) is 11.4. The van der Waals surface area contributed by atoms with Gasteiger partial charge in [-0.25, -0.2) is 4.98 Å². The minimum atomic E-state index is -4.42. The highest BCUT2D eigenvalue weighted by Crippen LogP contribution is 2.32. The van der Waals surface area contributed by atoms with Crippen molar-refractivity contribution in [3.8, 4) is 0 Å². The summed E-state index contributed by atoms with van der Waals surface area (Å²) in [4.78, 5) is 20.6. The number of hydrogen-bond acceptors (Lipinski definition) is 3. The second-order valence-electron chi connectivity index (χ2n) is 5.75. The van der Waals surface area contributed by atoms with Crippen LogP contribution in [-0.2, 0) is 24.1 Å². The molecular formula is C16H17F3N4O. The normalized spacial score (nSPS) is 18.4. The molecule has 8 heteroatoms. The smallest absolute Gasteiger partial charge is 0.348 e. The van der Waals surface area contributed by atoms with Crippen LogP contribution in [0, 0.1) is 0 Å². The van der Waals surface area contributed by atoms with Crippen LogP contribution in [-0.4, -0.2) is 33.4 Å². The Morgan fingerprint density at radius 2 is 2.12 bits per heavy atom. The number of hydrogen-bond donors (Lipinski definition) is 2. The number of carbonyl (C=O) groups is 1. The number of likely N-dealkylation sites (tertiary alicyclic amines) is 1. The first-order valence-electron chi connectivity index (χ1n) is 7.58. The van der Waals surface area contributed by atoms with E-state index in [0.717, 1.165) is 11.9 Å². The number of amides is 1. The van der Waals surface area contributed by atoms with Crippen molar-refractivity contribution in [2.45, 2.75) is 31.7 Å². The molecule has 1 saturated heterocycles. The van der Waals surface area contributed by atoms with Gasteiger partial charge >= 0.3 is 6.18 Å². The van der Waals surface area contributed by atoms with Gasteiger partial charge in [0.2, 0.25) is 5.91 Å². The molecule has 1 atom stereocenters. The first-order valence-corrected chi connectivity index (χ1v) is 7.58. The monoisotopic (exact) mass is 338 g/mol. The molecule has 1 aromatic carbocycles. The molecule has 128 valence electrons. The Balaban J connectivity index is 1.63. The second kappa shape index (κ2) is 6.64. The number of imidazole rings is 1. The van der Waals surface area contributed by atoms with Gasteiger partial charge in [0.05, 0.1) is 12.1 Å². The lowest BCUT2D eigenvalue weighted by molar-refractivity contribution is -0.139. The number of nitrogens with one attached hydrogen (secondary N) is 2. The summed E-state index contributed by atoms with van der Waals surface area (Å²) >= 11 is 0. The van der Waals surface area contributed by atoms with Crippen LogP contribution in [0.1, 0.15) is 23.4 Å². The quantitative estimate of drug-likeness (QED) is 0.880. The van der Waals surface area contributed by atoms with Crippen LogP contribution in [0.15, 0.2) is 36.7 Å². The molecule has 2 aromatic rings. The Hall–Kier alpha value is -2.35. The van der Waals surface area contributed by atoms with Crippen LogP contribution >= 0.6 is 0 Å². The van der Waals surface area contributed by atoms with E-state index < -0.39 is 11.7 Å². The molecule has 1 aliphatic rings. The van der Waals surface area contributed by atoms with Crippen molar-refractivity contribution in [3.05, 3.63) is 53.6 Å². The average Bonchev–Trinajstić information content (AvgIpc) is 3.15. The van der Waals surface area contributed by atoms with Gasteiger partial charge in [-0.1, -0.05) is 18.2 Å². The van der Waals surface area contributed by atoms with Crippen molar-refractivity contribution < 1.29 is 18.0 Å². The molecular weight excluding hydrogens is 321 g/mol. The molecule has 1 amide bonds. The zero-order chi connectivity index (χ0) is 17.2. The molecule has 2 heterocycles. The van der Waals surface area contributed by atoms with Crippen LogP contribution in [0.5, 0.6) is 0 Å². The summed E-state index contributed by atoms with van der Waals surface area (Å²) in [5, 5.41) is 3.20. The van der Waals surface area contributed by atoms with Crippen LogP contribution < -0.4 is 5.32 Å². The fourth-order valence-corrected chi connectivity index (χ4v) is 2.84. The van der Waals surface area contributed by atoms with Gasteiger partial charge in [0.25, 0.3) is 0 Å². The summed E-state index contributed by atoms with van der Waals surface area (Å²) in [5.74, 6) is 0.604. The van der Waals surface area contributed by atoms with E-state index in [-0.39, 0.29) is 30.5 Å². The topological polar surface area (TPSA) is 61.0 Å². The predicted molar refractivity (Wildman–Crippen MR) is 80.7 cm³/mol. The van der Waals surface area contributed by atoms with Crippen molar-refractivity contribution in [3.63, 3.8) is 0 Å². The zero-order valence-electron chi connectivity index (χ0n) is 12.8. The van der Waals surface area contributed by atoms with Gasteiger partial charge < -0.3 is 15.2 Å². The summed E-state index contributed by atoms with van der Waals surface area (Å²) in [7, 11) is 0. The van der Waals surface area contributed by atoms with E-state index in [2.05, 4.69) is 15.3 Å². The third-order valence-electron chi connectivity index (χ3n) is 4.01. The minimum absolute atomic E-state index is 0.0343. The molecule has 0 saturated carbocycles. The Bertz CT molecular complexity index is 700. The largest absolute Gasteiger partial charge is 0.416 e. The second-order valence-corrected chi connectivity index (χ2v) is 5.75. The van der Waals surface area contributed by atoms with Gasteiger partial charge in [0.15, 0.2) is 0 Å². The SMILES string of the molecule is O=C1CC(NCc2ncc[nH]2)CN1Cc1ccccc1C(F)(F)F. The first kappa shape index (κ1) is 16.5. The van der Waals surface area contributed by atoms with Gasteiger partial charge in [-0.3, -0.25) is 4.79 Å². The number of aromatic amines is 1. The molecule has 3 rings (SSSR count). The highest BCUT2D eigenvalue weighted by atomic mass is 19.4. The van der Waals surface area contributed by atoms with E-state index in [9.17, 15) is 18.0 Å². The molecule has 5 nitrogen and oxygen atoms in total. The van der Waals surface area contributed by atoms with E-state index in [4.69, 9.17) is 0 Å². The third kappa shape index (κ3) is 3.76. The number of nitrogens with zero attached hydrogens (tertiary/aromatic N) is 2. The summed E-state index contributed by atoms with van der Waals surface area (Å²) in [6.45, 7) is 0.830. The van der Waals surface area contributed by atoms with Crippen molar-refractivity contribution >= 4 is 5.91 Å². The Morgan fingerprint density at radius 1 is 1.33 bits per heavy atom. The van der Waals surface area contributed by atoms with Gasteiger partial charge in [-0.15, -0.1) is 0 Å². The standard InChI is InChI=1S/C16H17F3N4O/c17-16(18,19)13-4-2-1-3-11(13)9-23-10-12(7-15(23)24)22-8-14-20-5-6-21-14/h1-6,12,22H,7-10H2,(H,20,21). The van der Waals surface area contributed by atoms with Crippen molar-refractivity contribution in [1.29, 1.82) is 0 Å². The van der Waals surface area contributed by atoms with E-state index in [1.165, 1.54) is 17.0 Å². The third-order valence-corrected chi connectivity index (χ3v) is 4.01. The lowest BCUT2D eigenvalue weighted by atomic mass is 10.1. The molecule has 1 unspecified atom stereocenters. The van der Waals surface area contributed by atoms with E-state index >= 15 is 0 Å². The molecule has 1 aromatic heterocycles. The van der Waals surface area contributed by atoms with Gasteiger partial charge in [-0.05, 0) is 11.6 Å². The fraction of sp³-hybridized carbons (Fsp3) is 0.375. The summed E-state index contributed by atoms with van der Waals surface area (Å²) in [6.07, 6.45) is -0.806. The maximum Gasteiger partial charge on any atom is 0.416 e. The minimum Gasteiger partial charge on any atom is -0.348 e. The molecule has 0 radical (unpaired) electrons. The van der Waals surface area contributed by atoms with Crippen LogP contribution in [0.4, 0.5) is 13.2 Å². The van der Waals surface area contributed by atoms with Crippen molar-refractivity contribution in [1.82, 2.24) is 20.2 Å². The van der Waals surface area contributed by atoms with Crippen LogP contribution in [0.3, 0.4) is 0 Å². The summed E-state index contributed by atoms with van der Waals surface area (Å²) in [6, 6.07) is 5.27. The molecule has 1 aliphatic heterocycles. The van der Waals surface area contributed by atoms with Gasteiger partial charge in [0, 0.05) is 37.9 Å². The van der Waals surface area contributed by atoms with Crippen LogP contribution in [0.2, 0.25) is 0 Å². The number of H-pyrrole nitrogens is 1. The molecule has 24 heavy (non-hydrogen) atoms. The molecule has 0 spiro atoms. The molecule has 0 aliphatic carbocycles. The summed E-state index contributed by atoms with van der Waals surface area (Å²) < 4.78 is 39.1. The number of aromatic nitrogens is 2. The van der Waals surface area contributed by atoms with Crippen molar-refractivity contribution in [2.75, 3.05) is 6.54 Å². The molecule has 1 fully saturated rings. The Morgan fingerprint density at radius 3 is 2.83 bits per heavy atom. The van der Waals surface area contributed by atoms with Gasteiger partial charge in [0.1, 0.15) is 5.82 Å².